The predicted molar refractivity (Wildman–Crippen MR) is 139 cm³/mol. The van der Waals surface area contributed by atoms with Crippen molar-refractivity contribution in [2.45, 2.75) is 52.5 Å². The van der Waals surface area contributed by atoms with E-state index in [4.69, 9.17) is 4.99 Å². The Balaban J connectivity index is 1.62. The first-order chi connectivity index (χ1) is 17.2. The van der Waals surface area contributed by atoms with Crippen LogP contribution in [0.4, 0.5) is 30.4 Å². The topological polar surface area (TPSA) is 35.8 Å². The van der Waals surface area contributed by atoms with Crippen molar-refractivity contribution in [2.24, 2.45) is 10.9 Å². The zero-order valence-corrected chi connectivity index (χ0v) is 21.1. The number of nitrogens with one attached hydrogen (secondary N) is 1. The predicted octanol–water partition coefficient (Wildman–Crippen LogP) is 6.51. The molecule has 5 nitrogen and oxygen atoms in total. The van der Waals surface area contributed by atoms with Crippen LogP contribution in [-0.2, 0) is 25.7 Å². The lowest BCUT2D eigenvalue weighted by Crippen LogP contribution is -2.44. The van der Waals surface area contributed by atoms with Gasteiger partial charge in [0.1, 0.15) is 5.82 Å². The minimum absolute atomic E-state index is 0.224. The molecule has 8 heteroatoms. The smallest absolute Gasteiger partial charge is 0.341 e. The second-order valence-corrected chi connectivity index (χ2v) is 9.95. The maximum Gasteiger partial charge on any atom is 0.416 e. The molecule has 2 aliphatic rings. The van der Waals surface area contributed by atoms with E-state index in [2.05, 4.69) is 47.5 Å². The van der Waals surface area contributed by atoms with Crippen molar-refractivity contribution in [3.05, 3.63) is 77.0 Å². The summed E-state index contributed by atoms with van der Waals surface area (Å²) in [5, 5.41) is 3.64. The molecule has 0 fully saturated rings. The van der Waals surface area contributed by atoms with Crippen molar-refractivity contribution in [2.75, 3.05) is 23.8 Å². The molecule has 36 heavy (non-hydrogen) atoms. The summed E-state index contributed by atoms with van der Waals surface area (Å²) in [7, 11) is 2.07. The molecule has 3 heterocycles. The molecule has 2 aliphatic heterocycles. The Bertz CT molecular complexity index is 1260. The number of alkyl halides is 3. The fraction of sp³-hybridized carbons (Fsp3) is 0.393. The summed E-state index contributed by atoms with van der Waals surface area (Å²) < 4.78 is 41.7. The Kier molecular flexibility index (Phi) is 6.22. The van der Waals surface area contributed by atoms with Crippen molar-refractivity contribution in [1.82, 2.24) is 9.47 Å². The molecule has 1 aromatic heterocycles. The lowest BCUT2D eigenvalue weighted by atomic mass is 10.0. The van der Waals surface area contributed by atoms with Gasteiger partial charge in [-0.2, -0.15) is 13.2 Å². The summed E-state index contributed by atoms with van der Waals surface area (Å²) in [5.74, 6) is 2.40. The summed E-state index contributed by atoms with van der Waals surface area (Å²) >= 11 is 0. The largest absolute Gasteiger partial charge is 0.416 e. The molecule has 0 amide bonds. The highest BCUT2D eigenvalue weighted by atomic mass is 19.4. The summed E-state index contributed by atoms with van der Waals surface area (Å²) in [5.41, 5.74) is 4.70. The molecule has 0 unspecified atom stereocenters. The number of nitrogens with zero attached hydrogens (tertiary/aromatic N) is 4. The first-order valence-electron chi connectivity index (χ1n) is 12.5. The van der Waals surface area contributed by atoms with Crippen LogP contribution in [0.1, 0.15) is 43.2 Å². The van der Waals surface area contributed by atoms with Gasteiger partial charge in [0.15, 0.2) is 0 Å². The lowest BCUT2D eigenvalue weighted by Gasteiger charge is -2.34. The van der Waals surface area contributed by atoms with Gasteiger partial charge in [-0.15, -0.1) is 0 Å². The highest BCUT2D eigenvalue weighted by Gasteiger charge is 2.39. The Morgan fingerprint density at radius 3 is 2.36 bits per heavy atom. The zero-order valence-electron chi connectivity index (χ0n) is 21.1. The highest BCUT2D eigenvalue weighted by molar-refractivity contribution is 6.02. The number of benzene rings is 2. The monoisotopic (exact) mass is 495 g/mol. The van der Waals surface area contributed by atoms with Gasteiger partial charge in [-0.3, -0.25) is 0 Å². The van der Waals surface area contributed by atoms with Gasteiger partial charge in [-0.1, -0.05) is 51.1 Å². The molecule has 0 bridgehead atoms. The van der Waals surface area contributed by atoms with Crippen LogP contribution in [0.5, 0.6) is 0 Å². The number of hydrogen-bond acceptors (Lipinski definition) is 4. The number of rotatable bonds is 6. The Morgan fingerprint density at radius 1 is 1.06 bits per heavy atom. The van der Waals surface area contributed by atoms with Crippen molar-refractivity contribution >= 4 is 23.2 Å². The van der Waals surface area contributed by atoms with Gasteiger partial charge in [0.25, 0.3) is 0 Å². The highest BCUT2D eigenvalue weighted by Crippen LogP contribution is 2.43. The van der Waals surface area contributed by atoms with Crippen molar-refractivity contribution in [3.63, 3.8) is 0 Å². The normalized spacial score (nSPS) is 17.3. The number of guanidine groups is 1. The van der Waals surface area contributed by atoms with Crippen LogP contribution in [0.25, 0.3) is 0 Å². The average Bonchev–Trinajstić information content (AvgIpc) is 3.41. The summed E-state index contributed by atoms with van der Waals surface area (Å²) in [6.07, 6.45) is -3.55. The molecular weight excluding hydrogens is 463 g/mol. The quantitative estimate of drug-likeness (QED) is 0.424. The zero-order chi connectivity index (χ0) is 25.6. The third kappa shape index (κ3) is 4.33. The van der Waals surface area contributed by atoms with E-state index < -0.39 is 11.7 Å². The second kappa shape index (κ2) is 9.22. The number of hydrogen-bond donors (Lipinski definition) is 1. The molecule has 1 N–H and O–H groups in total. The Hall–Kier alpha value is -3.42. The Morgan fingerprint density at radius 2 is 1.75 bits per heavy atom. The fourth-order valence-corrected chi connectivity index (χ4v) is 5.19. The van der Waals surface area contributed by atoms with Gasteiger partial charge in [0.2, 0.25) is 5.96 Å². The van der Waals surface area contributed by atoms with Gasteiger partial charge < -0.3 is 19.7 Å². The van der Waals surface area contributed by atoms with E-state index in [1.807, 2.05) is 30.3 Å². The van der Waals surface area contributed by atoms with Gasteiger partial charge in [-0.05, 0) is 42.2 Å². The SMILES string of the molecule is CCc1c2c(c(Nc3ccccc3)n1Cc1ccc(C(F)(F)F)cc1)CN(C)C1=N[C@H](C(C)C)CN12. The van der Waals surface area contributed by atoms with E-state index in [0.717, 1.165) is 41.7 Å². The molecule has 0 saturated heterocycles. The van der Waals surface area contributed by atoms with E-state index >= 15 is 0 Å². The van der Waals surface area contributed by atoms with Gasteiger partial charge >= 0.3 is 6.18 Å². The minimum Gasteiger partial charge on any atom is -0.341 e. The minimum atomic E-state index is -4.34. The van der Waals surface area contributed by atoms with E-state index in [1.165, 1.54) is 23.4 Å². The van der Waals surface area contributed by atoms with E-state index in [9.17, 15) is 13.2 Å². The molecule has 0 radical (unpaired) electrons. The number of para-hydroxylation sites is 1. The summed E-state index contributed by atoms with van der Waals surface area (Å²) in [6.45, 7) is 8.54. The third-order valence-corrected chi connectivity index (χ3v) is 7.10. The van der Waals surface area contributed by atoms with Gasteiger partial charge in [-0.25, -0.2) is 4.99 Å². The van der Waals surface area contributed by atoms with Crippen LogP contribution in [0.2, 0.25) is 0 Å². The first kappa shape index (κ1) is 24.3. The van der Waals surface area contributed by atoms with Crippen LogP contribution in [0, 0.1) is 5.92 Å². The number of aromatic nitrogens is 1. The van der Waals surface area contributed by atoms with E-state index in [0.29, 0.717) is 19.0 Å². The maximum absolute atomic E-state index is 13.1. The van der Waals surface area contributed by atoms with Crippen LogP contribution in [0.3, 0.4) is 0 Å². The van der Waals surface area contributed by atoms with Crippen molar-refractivity contribution in [1.29, 1.82) is 0 Å². The lowest BCUT2D eigenvalue weighted by molar-refractivity contribution is -0.137. The number of fused-ring (bicyclic) bond motifs is 3. The van der Waals surface area contributed by atoms with Crippen LogP contribution < -0.4 is 10.2 Å². The number of halogens is 3. The molecule has 1 atom stereocenters. The van der Waals surface area contributed by atoms with Gasteiger partial charge in [0, 0.05) is 37.1 Å². The third-order valence-electron chi connectivity index (χ3n) is 7.10. The molecule has 3 aromatic rings. The van der Waals surface area contributed by atoms with Gasteiger partial charge in [0.05, 0.1) is 23.8 Å². The van der Waals surface area contributed by atoms with Crippen LogP contribution in [0.15, 0.2) is 59.6 Å². The van der Waals surface area contributed by atoms with E-state index in [1.54, 1.807) is 12.1 Å². The molecule has 5 rings (SSSR count). The maximum atomic E-state index is 13.1. The van der Waals surface area contributed by atoms with Crippen molar-refractivity contribution in [3.8, 4) is 0 Å². The summed E-state index contributed by atoms with van der Waals surface area (Å²) in [6, 6.07) is 15.7. The Labute approximate surface area is 210 Å². The van der Waals surface area contributed by atoms with Crippen molar-refractivity contribution < 1.29 is 13.2 Å². The molecular formula is C28H32F3N5. The molecule has 190 valence electrons. The van der Waals surface area contributed by atoms with Crippen LogP contribution >= 0.6 is 0 Å². The molecule has 0 spiro atoms. The second-order valence-electron chi connectivity index (χ2n) is 9.95. The molecule has 0 saturated carbocycles. The van der Waals surface area contributed by atoms with E-state index in [-0.39, 0.29) is 6.04 Å². The number of anilines is 3. The molecule has 2 aromatic carbocycles. The summed E-state index contributed by atoms with van der Waals surface area (Å²) in [4.78, 5) is 9.57. The fourth-order valence-electron chi connectivity index (χ4n) is 5.19. The van der Waals surface area contributed by atoms with Crippen LogP contribution in [-0.4, -0.2) is 35.1 Å². The average molecular weight is 496 g/mol. The standard InChI is InChI=1S/C28H32F3N5/c1-5-24-25-22(16-34(4)27-33-23(18(2)3)17-36(25)27)26(32-21-9-7-6-8-10-21)35(24)15-19-11-13-20(14-12-19)28(29,30)31/h6-14,18,23,32H,5,15-17H2,1-4H3/t23-/m0/s1. The first-order valence-corrected chi connectivity index (χ1v) is 12.5. The molecule has 0 aliphatic carbocycles. The number of aliphatic imine (C=N–C) groups is 1.